The number of halogens is 1. The number of hydrogen-bond donors (Lipinski definition) is 2. The van der Waals surface area contributed by atoms with Crippen LogP contribution in [0.15, 0.2) is 29.3 Å². The van der Waals surface area contributed by atoms with E-state index in [2.05, 4.69) is 33.6 Å². The predicted molar refractivity (Wildman–Crippen MR) is 99.8 cm³/mol. The Balaban J connectivity index is 1.73. The molecule has 0 radical (unpaired) electrons. The van der Waals surface area contributed by atoms with E-state index in [1.165, 1.54) is 4.88 Å². The van der Waals surface area contributed by atoms with Crippen LogP contribution in [0.4, 0.5) is 0 Å². The number of aryl methyl sites for hydroxylation is 2. The molecule has 4 nitrogen and oxygen atoms in total. The Kier molecular flexibility index (Phi) is 6.86. The molecule has 1 heterocycles. The highest BCUT2D eigenvalue weighted by Gasteiger charge is 2.05. The van der Waals surface area contributed by atoms with Gasteiger partial charge in [-0.3, -0.25) is 4.99 Å². The second-order valence-electron chi connectivity index (χ2n) is 5.26. The van der Waals surface area contributed by atoms with E-state index in [-0.39, 0.29) is 0 Å². The van der Waals surface area contributed by atoms with Crippen LogP contribution in [0.25, 0.3) is 0 Å². The molecule has 2 N–H and O–H groups in total. The topological polar surface area (TPSA) is 49.3 Å². The number of benzene rings is 1. The summed E-state index contributed by atoms with van der Waals surface area (Å²) < 4.78 is 0. The maximum Gasteiger partial charge on any atom is 0.190 e. The van der Waals surface area contributed by atoms with Gasteiger partial charge in [-0.25, -0.2) is 4.98 Å². The second kappa shape index (κ2) is 8.89. The Morgan fingerprint density at radius 2 is 1.87 bits per heavy atom. The summed E-state index contributed by atoms with van der Waals surface area (Å²) in [4.78, 5) is 10.0. The van der Waals surface area contributed by atoms with Crippen LogP contribution in [0.3, 0.4) is 0 Å². The normalized spacial score (nSPS) is 11.6. The predicted octanol–water partition coefficient (Wildman–Crippen LogP) is 3.36. The van der Waals surface area contributed by atoms with E-state index >= 15 is 0 Å². The van der Waals surface area contributed by atoms with E-state index in [0.29, 0.717) is 0 Å². The van der Waals surface area contributed by atoms with Crippen LogP contribution >= 0.6 is 22.9 Å². The number of rotatable bonds is 6. The zero-order valence-electron chi connectivity index (χ0n) is 13.8. The van der Waals surface area contributed by atoms with Crippen molar-refractivity contribution in [3.05, 3.63) is 50.4 Å². The van der Waals surface area contributed by atoms with Crippen molar-refractivity contribution in [2.75, 3.05) is 20.1 Å². The average Bonchev–Trinajstić information content (AvgIpc) is 2.85. The fourth-order valence-electron chi connectivity index (χ4n) is 2.34. The van der Waals surface area contributed by atoms with E-state index < -0.39 is 0 Å². The minimum absolute atomic E-state index is 0.794. The van der Waals surface area contributed by atoms with E-state index in [1.54, 1.807) is 18.4 Å². The van der Waals surface area contributed by atoms with Crippen LogP contribution < -0.4 is 10.6 Å². The van der Waals surface area contributed by atoms with Gasteiger partial charge >= 0.3 is 0 Å². The summed E-state index contributed by atoms with van der Waals surface area (Å²) in [5.41, 5.74) is 2.28. The van der Waals surface area contributed by atoms with Gasteiger partial charge in [-0.2, -0.15) is 0 Å². The van der Waals surface area contributed by atoms with Gasteiger partial charge in [-0.1, -0.05) is 29.8 Å². The maximum atomic E-state index is 6.16. The molecule has 0 aliphatic rings. The van der Waals surface area contributed by atoms with Crippen LogP contribution in [0.2, 0.25) is 5.02 Å². The second-order valence-corrected chi connectivity index (χ2v) is 6.95. The van der Waals surface area contributed by atoms with Crippen LogP contribution in [0.1, 0.15) is 21.1 Å². The first-order valence-electron chi connectivity index (χ1n) is 7.71. The highest BCUT2D eigenvalue weighted by molar-refractivity contribution is 7.11. The molecule has 0 bridgehead atoms. The standard InChI is InChI=1S/C17H23ClN4S/c1-12-16(23-13(2)22-12)9-11-21-17(19-3)20-10-8-14-6-4-5-7-15(14)18/h4-7H,8-11H2,1-3H3,(H2,19,20,21). The van der Waals surface area contributed by atoms with Crippen LogP contribution in [-0.2, 0) is 12.8 Å². The van der Waals surface area contributed by atoms with Gasteiger partial charge in [0, 0.05) is 36.5 Å². The molecule has 0 saturated heterocycles. The lowest BCUT2D eigenvalue weighted by atomic mass is 10.1. The minimum atomic E-state index is 0.794. The van der Waals surface area contributed by atoms with Gasteiger partial charge < -0.3 is 10.6 Å². The zero-order chi connectivity index (χ0) is 16.7. The van der Waals surface area contributed by atoms with Crippen molar-refractivity contribution >= 4 is 28.9 Å². The van der Waals surface area contributed by atoms with Gasteiger partial charge in [0.15, 0.2) is 5.96 Å². The van der Waals surface area contributed by atoms with Crippen molar-refractivity contribution in [3.63, 3.8) is 0 Å². The fraction of sp³-hybridized carbons (Fsp3) is 0.412. The molecule has 0 aliphatic heterocycles. The molecule has 0 aliphatic carbocycles. The smallest absolute Gasteiger partial charge is 0.190 e. The van der Waals surface area contributed by atoms with E-state index in [1.807, 2.05) is 25.1 Å². The summed E-state index contributed by atoms with van der Waals surface area (Å²) >= 11 is 7.93. The van der Waals surface area contributed by atoms with Crippen molar-refractivity contribution in [2.45, 2.75) is 26.7 Å². The van der Waals surface area contributed by atoms with Crippen molar-refractivity contribution in [3.8, 4) is 0 Å². The molecule has 0 fully saturated rings. The summed E-state index contributed by atoms with van der Waals surface area (Å²) in [5.74, 6) is 0.816. The summed E-state index contributed by atoms with van der Waals surface area (Å²) in [6, 6.07) is 7.93. The molecule has 6 heteroatoms. The molecule has 0 unspecified atom stereocenters. The number of aliphatic imine (C=N–C) groups is 1. The first-order chi connectivity index (χ1) is 11.1. The Bertz CT molecular complexity index is 666. The Hall–Kier alpha value is -1.59. The third-order valence-electron chi connectivity index (χ3n) is 3.51. The van der Waals surface area contributed by atoms with Crippen LogP contribution in [0, 0.1) is 13.8 Å². The highest BCUT2D eigenvalue weighted by atomic mass is 35.5. The molecule has 0 amide bonds. The fourth-order valence-corrected chi connectivity index (χ4v) is 3.50. The SMILES string of the molecule is CN=C(NCCc1ccccc1Cl)NCCc1sc(C)nc1C. The molecule has 2 rings (SSSR count). The van der Waals surface area contributed by atoms with Gasteiger partial charge in [-0.15, -0.1) is 11.3 Å². The largest absolute Gasteiger partial charge is 0.356 e. The summed E-state index contributed by atoms with van der Waals surface area (Å²) in [6.45, 7) is 5.75. The van der Waals surface area contributed by atoms with Crippen molar-refractivity contribution < 1.29 is 0 Å². The van der Waals surface area contributed by atoms with Crippen LogP contribution in [-0.4, -0.2) is 31.1 Å². The van der Waals surface area contributed by atoms with Crippen molar-refractivity contribution in [1.29, 1.82) is 0 Å². The van der Waals surface area contributed by atoms with Gasteiger partial charge in [-0.05, 0) is 31.9 Å². The number of nitrogens with one attached hydrogen (secondary N) is 2. The van der Waals surface area contributed by atoms with Crippen molar-refractivity contribution in [2.24, 2.45) is 4.99 Å². The third-order valence-corrected chi connectivity index (χ3v) is 5.01. The first-order valence-corrected chi connectivity index (χ1v) is 8.90. The van der Waals surface area contributed by atoms with E-state index in [9.17, 15) is 0 Å². The lowest BCUT2D eigenvalue weighted by Crippen LogP contribution is -2.39. The molecule has 2 aromatic rings. The molecular formula is C17H23ClN4S. The molecule has 1 aromatic heterocycles. The first kappa shape index (κ1) is 17.8. The molecule has 1 aromatic carbocycles. The van der Waals surface area contributed by atoms with Gasteiger partial charge in [0.1, 0.15) is 0 Å². The third kappa shape index (κ3) is 5.52. The zero-order valence-corrected chi connectivity index (χ0v) is 15.4. The van der Waals surface area contributed by atoms with Crippen LogP contribution in [0.5, 0.6) is 0 Å². The van der Waals surface area contributed by atoms with Gasteiger partial charge in [0.25, 0.3) is 0 Å². The Morgan fingerprint density at radius 3 is 2.48 bits per heavy atom. The number of aromatic nitrogens is 1. The lowest BCUT2D eigenvalue weighted by Gasteiger charge is -2.12. The van der Waals surface area contributed by atoms with Crippen molar-refractivity contribution in [1.82, 2.24) is 15.6 Å². The highest BCUT2D eigenvalue weighted by Crippen LogP contribution is 2.17. The van der Waals surface area contributed by atoms with Gasteiger partial charge in [0.2, 0.25) is 0 Å². The molecule has 23 heavy (non-hydrogen) atoms. The minimum Gasteiger partial charge on any atom is -0.356 e. The van der Waals surface area contributed by atoms with Gasteiger partial charge in [0.05, 0.1) is 10.7 Å². The monoisotopic (exact) mass is 350 g/mol. The number of hydrogen-bond acceptors (Lipinski definition) is 3. The van der Waals surface area contributed by atoms with E-state index in [0.717, 1.165) is 53.2 Å². The Labute approximate surface area is 147 Å². The number of nitrogens with zero attached hydrogens (tertiary/aromatic N) is 2. The molecule has 0 atom stereocenters. The summed E-state index contributed by atoms with van der Waals surface area (Å²) in [6.07, 6.45) is 1.83. The summed E-state index contributed by atoms with van der Waals surface area (Å²) in [7, 11) is 1.78. The molecule has 0 spiro atoms. The number of guanidine groups is 1. The number of thiazole rings is 1. The summed E-state index contributed by atoms with van der Waals surface area (Å²) in [5, 5.41) is 8.60. The Morgan fingerprint density at radius 1 is 1.17 bits per heavy atom. The maximum absolute atomic E-state index is 6.16. The quantitative estimate of drug-likeness (QED) is 0.620. The average molecular weight is 351 g/mol. The molecule has 0 saturated carbocycles. The lowest BCUT2D eigenvalue weighted by molar-refractivity contribution is 0.785. The van der Waals surface area contributed by atoms with E-state index in [4.69, 9.17) is 11.6 Å². The molecular weight excluding hydrogens is 328 g/mol. The molecule has 124 valence electrons.